The van der Waals surface area contributed by atoms with E-state index in [1.165, 1.54) is 14.2 Å². The number of hydrogen-bond donors (Lipinski definition) is 1. The van der Waals surface area contributed by atoms with Crippen LogP contribution in [0, 0.1) is 0 Å². The first kappa shape index (κ1) is 13.3. The molecule has 0 bridgehead atoms. The predicted molar refractivity (Wildman–Crippen MR) is 65.5 cm³/mol. The molecule has 6 nitrogen and oxygen atoms in total. The minimum atomic E-state index is -0.630. The predicted octanol–water partition coefficient (Wildman–Crippen LogP) is 1.68. The lowest BCUT2D eigenvalue weighted by Crippen LogP contribution is -1.98. The highest BCUT2D eigenvalue weighted by Crippen LogP contribution is 2.38. The zero-order chi connectivity index (χ0) is 13.8. The van der Waals surface area contributed by atoms with Crippen LogP contribution in [0.5, 0.6) is 11.5 Å². The van der Waals surface area contributed by atoms with E-state index in [0.717, 1.165) is 0 Å². The van der Waals surface area contributed by atoms with E-state index in [0.29, 0.717) is 28.5 Å². The summed E-state index contributed by atoms with van der Waals surface area (Å²) < 4.78 is 28.2. The number of methoxy groups -OCH3 is 2. The third-order valence-electron chi connectivity index (χ3n) is 2.58. The Bertz CT molecular complexity index is 571. The summed E-state index contributed by atoms with van der Waals surface area (Å²) in [5, 5.41) is 3.79. The van der Waals surface area contributed by atoms with Crippen molar-refractivity contribution in [3.8, 4) is 22.9 Å². The van der Waals surface area contributed by atoms with Gasteiger partial charge < -0.3 is 19.7 Å². The second-order valence-corrected chi connectivity index (χ2v) is 3.73. The molecule has 0 amide bonds. The largest absolute Gasteiger partial charge is 0.493 e. The molecule has 0 saturated heterocycles. The lowest BCUT2D eigenvalue weighted by molar-refractivity contribution is 0.353. The minimum Gasteiger partial charge on any atom is -0.493 e. The van der Waals surface area contributed by atoms with E-state index in [-0.39, 0.29) is 12.4 Å². The van der Waals surface area contributed by atoms with Crippen molar-refractivity contribution < 1.29 is 18.4 Å². The molecule has 2 aromatic rings. The van der Waals surface area contributed by atoms with Crippen molar-refractivity contribution in [2.45, 2.75) is 13.2 Å². The third-order valence-corrected chi connectivity index (χ3v) is 2.58. The highest BCUT2D eigenvalue weighted by Gasteiger charge is 2.18. The molecule has 7 heteroatoms. The Morgan fingerprint density at radius 3 is 2.63 bits per heavy atom. The summed E-state index contributed by atoms with van der Waals surface area (Å²) in [6.07, 6.45) is 0. The van der Waals surface area contributed by atoms with E-state index in [9.17, 15) is 4.39 Å². The van der Waals surface area contributed by atoms with Crippen molar-refractivity contribution in [1.82, 2.24) is 10.1 Å². The van der Waals surface area contributed by atoms with Gasteiger partial charge in [-0.1, -0.05) is 5.16 Å². The van der Waals surface area contributed by atoms with Crippen molar-refractivity contribution >= 4 is 0 Å². The van der Waals surface area contributed by atoms with Gasteiger partial charge in [0, 0.05) is 0 Å². The van der Waals surface area contributed by atoms with E-state index >= 15 is 0 Å². The van der Waals surface area contributed by atoms with Gasteiger partial charge in [-0.25, -0.2) is 4.39 Å². The standard InChI is InChI=1S/C12H14FN3O3/c1-17-9-4-7(5-13)3-8(11(9)18-2)12-15-10(6-14)19-16-12/h3-4H,5-6,14H2,1-2H3. The highest BCUT2D eigenvalue weighted by atomic mass is 19.1. The topological polar surface area (TPSA) is 83.4 Å². The van der Waals surface area contributed by atoms with E-state index in [1.54, 1.807) is 12.1 Å². The van der Waals surface area contributed by atoms with Crippen molar-refractivity contribution in [3.63, 3.8) is 0 Å². The second-order valence-electron chi connectivity index (χ2n) is 3.73. The molecule has 1 aromatic heterocycles. The normalized spacial score (nSPS) is 10.5. The Morgan fingerprint density at radius 2 is 2.11 bits per heavy atom. The van der Waals surface area contributed by atoms with Gasteiger partial charge in [0.05, 0.1) is 26.3 Å². The van der Waals surface area contributed by atoms with E-state index in [2.05, 4.69) is 10.1 Å². The van der Waals surface area contributed by atoms with Crippen molar-refractivity contribution in [2.24, 2.45) is 5.73 Å². The molecule has 0 spiro atoms. The number of alkyl halides is 1. The maximum atomic E-state index is 12.9. The first-order chi connectivity index (χ1) is 9.23. The summed E-state index contributed by atoms with van der Waals surface area (Å²) in [4.78, 5) is 4.10. The smallest absolute Gasteiger partial charge is 0.240 e. The summed E-state index contributed by atoms with van der Waals surface area (Å²) in [5.74, 6) is 1.41. The summed E-state index contributed by atoms with van der Waals surface area (Å²) in [7, 11) is 2.96. The number of ether oxygens (including phenoxy) is 2. The van der Waals surface area contributed by atoms with E-state index in [1.807, 2.05) is 0 Å². The maximum absolute atomic E-state index is 12.9. The molecule has 0 radical (unpaired) electrons. The SMILES string of the molecule is COc1cc(CF)cc(-c2noc(CN)n2)c1OC. The Balaban J connectivity index is 2.59. The average Bonchev–Trinajstić information content (AvgIpc) is 2.94. The molecule has 2 rings (SSSR count). The van der Waals surface area contributed by atoms with Gasteiger partial charge in [-0.3, -0.25) is 0 Å². The summed E-state index contributed by atoms with van der Waals surface area (Å²) in [6.45, 7) is -0.496. The van der Waals surface area contributed by atoms with Crippen molar-refractivity contribution in [2.75, 3.05) is 14.2 Å². The van der Waals surface area contributed by atoms with Gasteiger partial charge in [0.1, 0.15) is 6.67 Å². The molecule has 1 aromatic carbocycles. The Hall–Kier alpha value is -2.15. The Kier molecular flexibility index (Phi) is 3.96. The number of hydrogen-bond acceptors (Lipinski definition) is 6. The van der Waals surface area contributed by atoms with Crippen LogP contribution < -0.4 is 15.2 Å². The fraction of sp³-hybridized carbons (Fsp3) is 0.333. The highest BCUT2D eigenvalue weighted by molar-refractivity contribution is 5.69. The summed E-state index contributed by atoms with van der Waals surface area (Å²) in [6, 6.07) is 3.15. The average molecular weight is 267 g/mol. The first-order valence-corrected chi connectivity index (χ1v) is 5.57. The second kappa shape index (κ2) is 5.66. The number of benzene rings is 1. The monoisotopic (exact) mass is 267 g/mol. The van der Waals surface area contributed by atoms with Gasteiger partial charge in [0.25, 0.3) is 0 Å². The number of rotatable bonds is 5. The lowest BCUT2D eigenvalue weighted by Gasteiger charge is -2.12. The van der Waals surface area contributed by atoms with Gasteiger partial charge in [0.2, 0.25) is 11.7 Å². The Morgan fingerprint density at radius 1 is 1.32 bits per heavy atom. The van der Waals surface area contributed by atoms with Crippen LogP contribution in [-0.2, 0) is 13.2 Å². The molecule has 0 aliphatic rings. The van der Waals surface area contributed by atoms with Crippen LogP contribution in [0.2, 0.25) is 0 Å². The minimum absolute atomic E-state index is 0.134. The summed E-state index contributed by atoms with van der Waals surface area (Å²) >= 11 is 0. The molecule has 0 saturated carbocycles. The van der Waals surface area contributed by atoms with Crippen LogP contribution in [0.1, 0.15) is 11.5 Å². The van der Waals surface area contributed by atoms with Crippen LogP contribution in [0.3, 0.4) is 0 Å². The summed E-state index contributed by atoms with van der Waals surface area (Å²) in [5.41, 5.74) is 6.35. The zero-order valence-corrected chi connectivity index (χ0v) is 10.6. The van der Waals surface area contributed by atoms with Crippen LogP contribution in [0.4, 0.5) is 4.39 Å². The maximum Gasteiger partial charge on any atom is 0.240 e. The van der Waals surface area contributed by atoms with Gasteiger partial charge in [0.15, 0.2) is 11.5 Å². The third kappa shape index (κ3) is 2.50. The van der Waals surface area contributed by atoms with Gasteiger partial charge in [-0.05, 0) is 17.7 Å². The van der Waals surface area contributed by atoms with Crippen LogP contribution in [0.25, 0.3) is 11.4 Å². The number of nitrogens with zero attached hydrogens (tertiary/aromatic N) is 2. The molecular formula is C12H14FN3O3. The van der Waals surface area contributed by atoms with Gasteiger partial charge >= 0.3 is 0 Å². The van der Waals surface area contributed by atoms with Crippen molar-refractivity contribution in [3.05, 3.63) is 23.6 Å². The van der Waals surface area contributed by atoms with Gasteiger partial charge in [-0.15, -0.1) is 0 Å². The molecule has 1 heterocycles. The van der Waals surface area contributed by atoms with Crippen molar-refractivity contribution in [1.29, 1.82) is 0 Å². The molecule has 0 unspecified atom stereocenters. The van der Waals surface area contributed by atoms with Gasteiger partial charge in [-0.2, -0.15) is 4.98 Å². The lowest BCUT2D eigenvalue weighted by atomic mass is 10.1. The van der Waals surface area contributed by atoms with Crippen LogP contribution in [0.15, 0.2) is 16.7 Å². The molecule has 0 atom stereocenters. The molecular weight excluding hydrogens is 253 g/mol. The number of aromatic nitrogens is 2. The van der Waals surface area contributed by atoms with Crippen LogP contribution >= 0.6 is 0 Å². The number of nitrogens with two attached hydrogens (primary N) is 1. The first-order valence-electron chi connectivity index (χ1n) is 5.57. The zero-order valence-electron chi connectivity index (χ0n) is 10.6. The van der Waals surface area contributed by atoms with E-state index < -0.39 is 6.67 Å². The molecule has 0 fully saturated rings. The molecule has 0 aliphatic heterocycles. The van der Waals surface area contributed by atoms with E-state index in [4.69, 9.17) is 19.7 Å². The Labute approximate surface area is 109 Å². The molecule has 2 N–H and O–H groups in total. The fourth-order valence-electron chi connectivity index (χ4n) is 1.71. The van der Waals surface area contributed by atoms with Crippen LogP contribution in [-0.4, -0.2) is 24.4 Å². The quantitative estimate of drug-likeness (QED) is 0.887. The fourth-order valence-corrected chi connectivity index (χ4v) is 1.71. The molecule has 19 heavy (non-hydrogen) atoms. The molecule has 0 aliphatic carbocycles. The number of halogens is 1. The molecule has 102 valence electrons.